The van der Waals surface area contributed by atoms with E-state index in [1.54, 1.807) is 0 Å². The van der Waals surface area contributed by atoms with Gasteiger partial charge >= 0.3 is 12.0 Å². The van der Waals surface area contributed by atoms with Gasteiger partial charge in [0.1, 0.15) is 0 Å². The molecule has 1 aromatic heterocycles. The van der Waals surface area contributed by atoms with Crippen molar-refractivity contribution in [2.75, 3.05) is 11.1 Å². The van der Waals surface area contributed by atoms with E-state index in [1.807, 2.05) is 0 Å². The Balaban J connectivity index is 1.54. The zero-order valence-electron chi connectivity index (χ0n) is 11.4. The first kappa shape index (κ1) is 11.6. The van der Waals surface area contributed by atoms with Crippen molar-refractivity contribution in [1.82, 2.24) is 10.2 Å². The van der Waals surface area contributed by atoms with Crippen LogP contribution in [0.1, 0.15) is 45.4 Å². The Morgan fingerprint density at radius 3 is 2.21 bits per heavy atom. The summed E-state index contributed by atoms with van der Waals surface area (Å²) in [6.07, 6.45) is 8.53. The van der Waals surface area contributed by atoms with Gasteiger partial charge in [-0.15, -0.1) is 0 Å². The molecule has 1 atom stereocenters. The van der Waals surface area contributed by atoms with Gasteiger partial charge in [-0.2, -0.15) is 0 Å². The number of anilines is 2. The summed E-state index contributed by atoms with van der Waals surface area (Å²) >= 11 is 0. The Morgan fingerprint density at radius 1 is 1.16 bits per heavy atom. The molecule has 4 bridgehead atoms. The van der Waals surface area contributed by atoms with Crippen LogP contribution in [0.5, 0.6) is 0 Å². The Kier molecular flexibility index (Phi) is 2.35. The monoisotopic (exact) mass is 262 g/mol. The molecule has 0 spiro atoms. The molecule has 0 aliphatic heterocycles. The maximum absolute atomic E-state index is 5.48. The molecule has 0 amide bonds. The lowest BCUT2D eigenvalue weighted by Gasteiger charge is -2.59. The highest BCUT2D eigenvalue weighted by atomic mass is 16.4. The lowest BCUT2D eigenvalue weighted by Crippen LogP contribution is -2.52. The molecule has 19 heavy (non-hydrogen) atoms. The van der Waals surface area contributed by atoms with Crippen molar-refractivity contribution in [3.05, 3.63) is 0 Å². The molecule has 0 saturated heterocycles. The fraction of sp³-hybridized carbons (Fsp3) is 0.857. The number of nitrogen functional groups attached to an aromatic ring is 1. The number of nitrogens with zero attached hydrogens (tertiary/aromatic N) is 2. The van der Waals surface area contributed by atoms with Gasteiger partial charge in [0.25, 0.3) is 0 Å². The molecule has 4 saturated carbocycles. The molecular weight excluding hydrogens is 240 g/mol. The van der Waals surface area contributed by atoms with Gasteiger partial charge in [0.2, 0.25) is 0 Å². The van der Waals surface area contributed by atoms with E-state index in [1.165, 1.54) is 38.5 Å². The van der Waals surface area contributed by atoms with Crippen LogP contribution < -0.4 is 11.1 Å². The van der Waals surface area contributed by atoms with Crippen LogP contribution in [0.4, 0.5) is 12.0 Å². The van der Waals surface area contributed by atoms with Crippen LogP contribution in [-0.4, -0.2) is 16.2 Å². The van der Waals surface area contributed by atoms with Crippen molar-refractivity contribution in [2.45, 2.75) is 51.5 Å². The number of hydrogen-bond acceptors (Lipinski definition) is 5. The number of aromatic nitrogens is 2. The minimum absolute atomic E-state index is 0.139. The van der Waals surface area contributed by atoms with Crippen molar-refractivity contribution >= 4 is 12.0 Å². The second kappa shape index (κ2) is 3.87. The predicted octanol–water partition coefficient (Wildman–Crippen LogP) is 2.67. The summed E-state index contributed by atoms with van der Waals surface area (Å²) in [5.41, 5.74) is 5.92. The van der Waals surface area contributed by atoms with Gasteiger partial charge in [-0.05, 0) is 68.6 Å². The van der Waals surface area contributed by atoms with Crippen LogP contribution in [-0.2, 0) is 0 Å². The molecule has 104 valence electrons. The van der Waals surface area contributed by atoms with Gasteiger partial charge in [-0.3, -0.25) is 0 Å². The maximum Gasteiger partial charge on any atom is 0.317 e. The molecular formula is C14H22N4O. The van der Waals surface area contributed by atoms with E-state index in [2.05, 4.69) is 22.4 Å². The smallest absolute Gasteiger partial charge is 0.317 e. The van der Waals surface area contributed by atoms with Gasteiger partial charge in [0, 0.05) is 6.04 Å². The molecule has 5 rings (SSSR count). The summed E-state index contributed by atoms with van der Waals surface area (Å²) in [4.78, 5) is 0. The topological polar surface area (TPSA) is 77.0 Å². The van der Waals surface area contributed by atoms with Crippen molar-refractivity contribution in [3.63, 3.8) is 0 Å². The Hall–Kier alpha value is -1.26. The van der Waals surface area contributed by atoms with Crippen LogP contribution in [0.3, 0.4) is 0 Å². The Bertz CT molecular complexity index is 448. The van der Waals surface area contributed by atoms with Gasteiger partial charge < -0.3 is 15.5 Å². The molecule has 4 fully saturated rings. The largest absolute Gasteiger partial charge is 0.390 e. The van der Waals surface area contributed by atoms with Crippen LogP contribution in [0.25, 0.3) is 0 Å². The number of nitrogens with one attached hydrogen (secondary N) is 1. The third-order valence-electron chi connectivity index (χ3n) is 5.78. The minimum atomic E-state index is 0.139. The van der Waals surface area contributed by atoms with Crippen LogP contribution in [0, 0.1) is 23.2 Å². The number of nitrogens with two attached hydrogens (primary N) is 1. The third kappa shape index (κ3) is 1.82. The van der Waals surface area contributed by atoms with E-state index in [-0.39, 0.29) is 6.01 Å². The predicted molar refractivity (Wildman–Crippen MR) is 72.4 cm³/mol. The lowest BCUT2D eigenvalue weighted by molar-refractivity contribution is -0.0605. The summed E-state index contributed by atoms with van der Waals surface area (Å²) in [7, 11) is 0. The number of hydrogen-bond donors (Lipinski definition) is 2. The summed E-state index contributed by atoms with van der Waals surface area (Å²) in [5.74, 6) is 2.88. The molecule has 0 radical (unpaired) electrons. The SMILES string of the molecule is CC(Nc1nnc(N)o1)C12CC3CC(CC(C3)C1)C2. The first-order chi connectivity index (χ1) is 9.13. The fourth-order valence-electron chi connectivity index (χ4n) is 5.34. The van der Waals surface area contributed by atoms with E-state index < -0.39 is 0 Å². The molecule has 0 aromatic carbocycles. The quantitative estimate of drug-likeness (QED) is 0.875. The summed E-state index contributed by atoms with van der Waals surface area (Å²) in [5, 5.41) is 11.0. The van der Waals surface area contributed by atoms with E-state index >= 15 is 0 Å². The molecule has 1 unspecified atom stereocenters. The first-order valence-electron chi connectivity index (χ1n) is 7.48. The van der Waals surface area contributed by atoms with Crippen molar-refractivity contribution < 1.29 is 4.42 Å². The van der Waals surface area contributed by atoms with Crippen molar-refractivity contribution in [1.29, 1.82) is 0 Å². The molecule has 4 aliphatic rings. The molecule has 1 aromatic rings. The van der Waals surface area contributed by atoms with Gasteiger partial charge in [0.05, 0.1) is 0 Å². The van der Waals surface area contributed by atoms with Crippen LogP contribution >= 0.6 is 0 Å². The van der Waals surface area contributed by atoms with E-state index in [0.29, 0.717) is 17.5 Å². The zero-order chi connectivity index (χ0) is 13.0. The van der Waals surface area contributed by atoms with E-state index in [9.17, 15) is 0 Å². The molecule has 5 heteroatoms. The second-order valence-corrected chi connectivity index (χ2v) is 7.09. The first-order valence-corrected chi connectivity index (χ1v) is 7.48. The van der Waals surface area contributed by atoms with Crippen molar-refractivity contribution in [3.8, 4) is 0 Å². The third-order valence-corrected chi connectivity index (χ3v) is 5.78. The number of rotatable bonds is 3. The van der Waals surface area contributed by atoms with Crippen LogP contribution in [0.15, 0.2) is 4.42 Å². The highest BCUT2D eigenvalue weighted by Crippen LogP contribution is 2.61. The minimum Gasteiger partial charge on any atom is -0.390 e. The van der Waals surface area contributed by atoms with Crippen LogP contribution in [0.2, 0.25) is 0 Å². The maximum atomic E-state index is 5.48. The summed E-state index contributed by atoms with van der Waals surface area (Å²) < 4.78 is 5.26. The second-order valence-electron chi connectivity index (χ2n) is 7.09. The standard InChI is InChI=1S/C14H22N4O/c1-8(16-13-18-17-12(15)19-13)14-5-9-2-10(6-14)4-11(3-9)7-14/h8-11H,2-7H2,1H3,(H2,15,17)(H,16,18). The molecule has 5 nitrogen and oxygen atoms in total. The normalized spacial score (nSPS) is 41.4. The Labute approximate surface area is 113 Å². The zero-order valence-corrected chi connectivity index (χ0v) is 11.4. The van der Waals surface area contributed by atoms with Gasteiger partial charge in [0.15, 0.2) is 0 Å². The average molecular weight is 262 g/mol. The van der Waals surface area contributed by atoms with Crippen molar-refractivity contribution in [2.24, 2.45) is 23.2 Å². The van der Waals surface area contributed by atoms with E-state index in [0.717, 1.165) is 17.8 Å². The average Bonchev–Trinajstić information content (AvgIpc) is 2.73. The molecule has 3 N–H and O–H groups in total. The fourth-order valence-corrected chi connectivity index (χ4v) is 5.34. The van der Waals surface area contributed by atoms with Gasteiger partial charge in [-0.1, -0.05) is 10.2 Å². The molecule has 4 aliphatic carbocycles. The highest BCUT2D eigenvalue weighted by Gasteiger charge is 2.53. The summed E-state index contributed by atoms with van der Waals surface area (Å²) in [6.45, 7) is 2.27. The molecule has 1 heterocycles. The lowest BCUT2D eigenvalue weighted by atomic mass is 9.48. The highest BCUT2D eigenvalue weighted by molar-refractivity contribution is 5.26. The Morgan fingerprint density at radius 2 is 1.74 bits per heavy atom. The van der Waals surface area contributed by atoms with Gasteiger partial charge in [-0.25, -0.2) is 0 Å². The summed E-state index contributed by atoms with van der Waals surface area (Å²) in [6, 6.07) is 1.00. The van der Waals surface area contributed by atoms with E-state index in [4.69, 9.17) is 10.2 Å².